The van der Waals surface area contributed by atoms with Gasteiger partial charge in [-0.1, -0.05) is 18.2 Å². The van der Waals surface area contributed by atoms with Crippen molar-refractivity contribution < 1.29 is 8.76 Å². The minimum atomic E-state index is -2.29. The van der Waals surface area contributed by atoms with E-state index in [1.54, 1.807) is 36.5 Å². The SMILES string of the molecule is Cn1c(C(S)c2ccc(C#N)cc2)nc2cc(N(c3ccc4ncccc4c3)S(=O)O)ccc21. The second-order valence-corrected chi connectivity index (χ2v) is 9.09. The predicted molar refractivity (Wildman–Crippen MR) is 137 cm³/mol. The molecular formula is C25H19N5O2S2. The van der Waals surface area contributed by atoms with Gasteiger partial charge in [0.05, 0.1) is 44.8 Å². The molecule has 5 aromatic rings. The maximum Gasteiger partial charge on any atom is 0.266 e. The van der Waals surface area contributed by atoms with Gasteiger partial charge in [-0.05, 0) is 60.2 Å². The molecule has 5 rings (SSSR count). The first-order chi connectivity index (χ1) is 16.5. The first-order valence-electron chi connectivity index (χ1n) is 10.4. The van der Waals surface area contributed by atoms with Crippen molar-refractivity contribution in [3.05, 3.63) is 95.9 Å². The van der Waals surface area contributed by atoms with Crippen LogP contribution >= 0.6 is 12.6 Å². The van der Waals surface area contributed by atoms with Crippen LogP contribution in [0.1, 0.15) is 22.2 Å². The zero-order valence-electron chi connectivity index (χ0n) is 18.0. The van der Waals surface area contributed by atoms with Crippen molar-refractivity contribution in [1.29, 1.82) is 5.26 Å². The number of rotatable bonds is 5. The van der Waals surface area contributed by atoms with Gasteiger partial charge in [0.15, 0.2) is 0 Å². The van der Waals surface area contributed by atoms with Gasteiger partial charge in [-0.3, -0.25) is 9.54 Å². The largest absolute Gasteiger partial charge is 0.330 e. The molecular weight excluding hydrogens is 466 g/mol. The lowest BCUT2D eigenvalue weighted by Crippen LogP contribution is -2.19. The fraction of sp³-hybridized carbons (Fsp3) is 0.0800. The molecule has 0 spiro atoms. The minimum Gasteiger partial charge on any atom is -0.330 e. The van der Waals surface area contributed by atoms with Crippen molar-refractivity contribution in [2.75, 3.05) is 4.31 Å². The third-order valence-corrected chi connectivity index (χ3v) is 6.97. The Bertz CT molecular complexity index is 1590. The van der Waals surface area contributed by atoms with Crippen LogP contribution in [-0.4, -0.2) is 23.3 Å². The van der Waals surface area contributed by atoms with E-state index in [1.165, 1.54) is 4.31 Å². The Balaban J connectivity index is 1.55. The van der Waals surface area contributed by atoms with E-state index < -0.39 is 11.3 Å². The molecule has 168 valence electrons. The molecule has 2 heterocycles. The number of nitriles is 1. The number of imidazole rings is 1. The Morgan fingerprint density at radius 3 is 2.53 bits per heavy atom. The number of aromatic nitrogens is 3. The van der Waals surface area contributed by atoms with E-state index in [0.717, 1.165) is 27.8 Å². The van der Waals surface area contributed by atoms with Crippen LogP contribution in [0.2, 0.25) is 0 Å². The maximum absolute atomic E-state index is 12.4. The van der Waals surface area contributed by atoms with Gasteiger partial charge in [0.2, 0.25) is 0 Å². The Hall–Kier alpha value is -3.71. The highest BCUT2D eigenvalue weighted by Crippen LogP contribution is 2.34. The standard InChI is InChI=1S/C25H19N5O2S2/c1-29-23-11-9-20(30(34(31)32)19-8-10-21-18(13-19)3-2-12-27-21)14-22(23)28-25(29)24(33)17-6-4-16(15-26)5-7-17/h2-14,24,33H,1H3,(H,31,32). The Morgan fingerprint density at radius 1 is 1.06 bits per heavy atom. The quantitative estimate of drug-likeness (QED) is 0.261. The molecule has 0 aliphatic carbocycles. The summed E-state index contributed by atoms with van der Waals surface area (Å²) in [7, 11) is 1.91. The topological polar surface area (TPSA) is 95.0 Å². The lowest BCUT2D eigenvalue weighted by Gasteiger charge is -2.20. The highest BCUT2D eigenvalue weighted by atomic mass is 32.2. The van der Waals surface area contributed by atoms with Crippen LogP contribution in [-0.2, 0) is 18.3 Å². The molecule has 7 nitrogen and oxygen atoms in total. The van der Waals surface area contributed by atoms with E-state index in [4.69, 9.17) is 22.9 Å². The number of benzene rings is 3. The molecule has 0 aliphatic heterocycles. The van der Waals surface area contributed by atoms with Gasteiger partial charge in [-0.2, -0.15) is 17.9 Å². The highest BCUT2D eigenvalue weighted by molar-refractivity contribution is 7.81. The number of pyridine rings is 1. The smallest absolute Gasteiger partial charge is 0.266 e. The summed E-state index contributed by atoms with van der Waals surface area (Å²) < 4.78 is 25.8. The van der Waals surface area contributed by atoms with Crippen molar-refractivity contribution in [1.82, 2.24) is 14.5 Å². The lowest BCUT2D eigenvalue weighted by atomic mass is 10.1. The summed E-state index contributed by atoms with van der Waals surface area (Å²) in [4.78, 5) is 9.09. The van der Waals surface area contributed by atoms with E-state index in [0.29, 0.717) is 22.5 Å². The molecule has 0 radical (unpaired) electrons. The second-order valence-electron chi connectivity index (χ2n) is 7.74. The van der Waals surface area contributed by atoms with Crippen LogP contribution in [0.4, 0.5) is 11.4 Å². The van der Waals surface area contributed by atoms with Crippen molar-refractivity contribution in [3.63, 3.8) is 0 Å². The van der Waals surface area contributed by atoms with Gasteiger partial charge in [0.1, 0.15) is 5.82 Å². The average molecular weight is 486 g/mol. The summed E-state index contributed by atoms with van der Waals surface area (Å²) in [6.07, 6.45) is 1.71. The molecule has 2 unspecified atom stereocenters. The number of thiol groups is 1. The highest BCUT2D eigenvalue weighted by Gasteiger charge is 2.20. The fourth-order valence-corrected chi connectivity index (χ4v) is 4.98. The van der Waals surface area contributed by atoms with E-state index in [-0.39, 0.29) is 5.25 Å². The summed E-state index contributed by atoms with van der Waals surface area (Å²) >= 11 is 2.48. The molecule has 3 aromatic carbocycles. The number of aryl methyl sites for hydroxylation is 1. The molecule has 2 atom stereocenters. The first-order valence-corrected chi connectivity index (χ1v) is 11.9. The van der Waals surface area contributed by atoms with Crippen LogP contribution < -0.4 is 4.31 Å². The van der Waals surface area contributed by atoms with E-state index >= 15 is 0 Å². The van der Waals surface area contributed by atoms with Crippen molar-refractivity contribution in [2.45, 2.75) is 5.25 Å². The Morgan fingerprint density at radius 2 is 1.79 bits per heavy atom. The normalized spacial score (nSPS) is 13.0. The molecule has 0 amide bonds. The van der Waals surface area contributed by atoms with E-state index in [9.17, 15) is 8.76 Å². The second kappa shape index (κ2) is 8.91. The summed E-state index contributed by atoms with van der Waals surface area (Å²) in [6, 6.07) is 24.0. The van der Waals surface area contributed by atoms with Gasteiger partial charge >= 0.3 is 0 Å². The lowest BCUT2D eigenvalue weighted by molar-refractivity contribution is 0.564. The zero-order chi connectivity index (χ0) is 23.8. The number of hydrogen-bond acceptors (Lipinski definition) is 5. The van der Waals surface area contributed by atoms with Crippen LogP contribution in [0.25, 0.3) is 21.9 Å². The van der Waals surface area contributed by atoms with Crippen molar-refractivity contribution in [2.24, 2.45) is 7.05 Å². The molecule has 0 aliphatic rings. The van der Waals surface area contributed by atoms with Gasteiger partial charge in [0, 0.05) is 18.6 Å². The average Bonchev–Trinajstić information content (AvgIpc) is 3.19. The van der Waals surface area contributed by atoms with Gasteiger partial charge in [0.25, 0.3) is 11.3 Å². The molecule has 0 bridgehead atoms. The molecule has 1 N–H and O–H groups in total. The fourth-order valence-electron chi connectivity index (χ4n) is 3.99. The van der Waals surface area contributed by atoms with E-state index in [1.807, 2.05) is 54.1 Å². The van der Waals surface area contributed by atoms with Crippen LogP contribution in [0.3, 0.4) is 0 Å². The maximum atomic E-state index is 12.4. The Labute approximate surface area is 204 Å². The van der Waals surface area contributed by atoms with Gasteiger partial charge in [-0.25, -0.2) is 13.5 Å². The number of fused-ring (bicyclic) bond motifs is 2. The summed E-state index contributed by atoms with van der Waals surface area (Å²) in [5, 5.41) is 9.61. The van der Waals surface area contributed by atoms with Crippen molar-refractivity contribution >= 4 is 57.2 Å². The molecule has 2 aromatic heterocycles. The van der Waals surface area contributed by atoms with Crippen molar-refractivity contribution in [3.8, 4) is 6.07 Å². The zero-order valence-corrected chi connectivity index (χ0v) is 19.7. The van der Waals surface area contributed by atoms with Gasteiger partial charge in [-0.15, -0.1) is 0 Å². The van der Waals surface area contributed by atoms with Crippen LogP contribution in [0, 0.1) is 11.3 Å². The van der Waals surface area contributed by atoms with E-state index in [2.05, 4.69) is 11.1 Å². The van der Waals surface area contributed by atoms with Crippen LogP contribution in [0.5, 0.6) is 0 Å². The number of hydrogen-bond donors (Lipinski definition) is 2. The predicted octanol–water partition coefficient (Wildman–Crippen LogP) is 5.29. The summed E-state index contributed by atoms with van der Waals surface area (Å²) in [5.74, 6) is 0.730. The third-order valence-electron chi connectivity index (χ3n) is 5.71. The number of anilines is 2. The van der Waals surface area contributed by atoms with Crippen LogP contribution in [0.15, 0.2) is 79.0 Å². The summed E-state index contributed by atoms with van der Waals surface area (Å²) in [6.45, 7) is 0. The monoisotopic (exact) mass is 485 g/mol. The third kappa shape index (κ3) is 3.92. The summed E-state index contributed by atoms with van der Waals surface area (Å²) in [5.41, 5.74) is 4.97. The van der Waals surface area contributed by atoms with Gasteiger partial charge < -0.3 is 4.57 Å². The molecule has 0 saturated carbocycles. The molecule has 34 heavy (non-hydrogen) atoms. The molecule has 9 heteroatoms. The first kappa shape index (κ1) is 22.1. The minimum absolute atomic E-state index is 0.301. The Kier molecular flexibility index (Phi) is 5.79. The number of nitrogens with zero attached hydrogens (tertiary/aromatic N) is 5. The molecule has 0 fully saturated rings. The molecule has 0 saturated heterocycles.